The predicted molar refractivity (Wildman–Crippen MR) is 66.5 cm³/mol. The van der Waals surface area contributed by atoms with E-state index in [-0.39, 0.29) is 6.21 Å². The molecule has 11 heteroatoms. The monoisotopic (exact) mass is 360 g/mol. The van der Waals surface area contributed by atoms with Crippen LogP contribution in [0.25, 0.3) is 0 Å². The van der Waals surface area contributed by atoms with Gasteiger partial charge in [-0.15, -0.1) is 0 Å². The van der Waals surface area contributed by atoms with Crippen LogP contribution in [0, 0.1) is 11.6 Å². The van der Waals surface area contributed by atoms with Crippen LogP contribution in [-0.2, 0) is 10.3 Å². The van der Waals surface area contributed by atoms with Crippen LogP contribution in [0.4, 0.5) is 40.8 Å². The largest absolute Gasteiger partial charge is 0.417 e. The number of alkyl halides is 6. The Balaban J connectivity index is 2.76. The first kappa shape index (κ1) is 18.1. The number of halogens is 8. The quantitative estimate of drug-likeness (QED) is 0.794. The maximum absolute atomic E-state index is 14.1. The number of anilines is 1. The maximum atomic E-state index is 14.1. The number of amides is 1. The fourth-order valence-corrected chi connectivity index (χ4v) is 2.33. The molecule has 0 bridgehead atoms. The summed E-state index contributed by atoms with van der Waals surface area (Å²) in [5.74, 6) is -4.94. The van der Waals surface area contributed by atoms with Gasteiger partial charge < -0.3 is 5.32 Å². The van der Waals surface area contributed by atoms with Crippen molar-refractivity contribution >= 4 is 17.8 Å². The molecule has 1 aromatic rings. The van der Waals surface area contributed by atoms with E-state index in [2.05, 4.69) is 4.99 Å². The van der Waals surface area contributed by atoms with E-state index in [4.69, 9.17) is 0 Å². The summed E-state index contributed by atoms with van der Waals surface area (Å²) in [6.45, 7) is 0. The van der Waals surface area contributed by atoms with Gasteiger partial charge in [-0.05, 0) is 18.6 Å². The average Bonchev–Trinajstić information content (AvgIpc) is 2.57. The molecule has 0 saturated heterocycles. The van der Waals surface area contributed by atoms with Gasteiger partial charge >= 0.3 is 12.4 Å². The topological polar surface area (TPSA) is 41.5 Å². The molecule has 1 aliphatic rings. The van der Waals surface area contributed by atoms with E-state index in [1.54, 1.807) is 0 Å². The van der Waals surface area contributed by atoms with Crippen molar-refractivity contribution in [1.82, 2.24) is 0 Å². The van der Waals surface area contributed by atoms with Gasteiger partial charge in [0.1, 0.15) is 0 Å². The number of rotatable bonds is 2. The van der Waals surface area contributed by atoms with E-state index in [1.807, 2.05) is 5.32 Å². The SMILES string of the molecule is O=C1C=NC(CCC(F)(F)F)(C(F)(F)F)c2c(ccc(F)c2F)N1. The van der Waals surface area contributed by atoms with Crippen LogP contribution < -0.4 is 5.32 Å². The molecule has 0 aliphatic carbocycles. The molecule has 1 aromatic carbocycles. The predicted octanol–water partition coefficient (Wildman–Crippen LogP) is 4.09. The Morgan fingerprint density at radius 1 is 1.08 bits per heavy atom. The van der Waals surface area contributed by atoms with Gasteiger partial charge in [0.25, 0.3) is 5.91 Å². The second-order valence-corrected chi connectivity index (χ2v) is 5.00. The van der Waals surface area contributed by atoms with Crippen molar-refractivity contribution in [3.8, 4) is 0 Å². The molecule has 3 nitrogen and oxygen atoms in total. The molecular formula is C13H8F8N2O. The number of hydrogen-bond acceptors (Lipinski definition) is 2. The summed E-state index contributed by atoms with van der Waals surface area (Å²) in [6.07, 6.45) is -14.1. The number of carbonyl (C=O) groups is 1. The Morgan fingerprint density at radius 2 is 1.71 bits per heavy atom. The molecule has 24 heavy (non-hydrogen) atoms. The highest BCUT2D eigenvalue weighted by atomic mass is 19.4. The molecule has 132 valence electrons. The zero-order chi connectivity index (χ0) is 18.3. The molecule has 1 atom stereocenters. The van der Waals surface area contributed by atoms with Crippen molar-refractivity contribution in [2.75, 3.05) is 5.32 Å². The molecule has 0 fully saturated rings. The Kier molecular flexibility index (Phi) is 4.31. The third-order valence-electron chi connectivity index (χ3n) is 3.41. The van der Waals surface area contributed by atoms with Crippen LogP contribution in [-0.4, -0.2) is 24.5 Å². The molecule has 1 amide bonds. The summed E-state index contributed by atoms with van der Waals surface area (Å²) in [4.78, 5) is 14.3. The Bertz CT molecular complexity index is 694. The van der Waals surface area contributed by atoms with E-state index in [0.29, 0.717) is 12.1 Å². The van der Waals surface area contributed by atoms with Gasteiger partial charge in [-0.3, -0.25) is 9.79 Å². The van der Waals surface area contributed by atoms with E-state index < -0.39 is 59.5 Å². The van der Waals surface area contributed by atoms with Crippen LogP contribution in [0.15, 0.2) is 17.1 Å². The van der Waals surface area contributed by atoms with E-state index in [9.17, 15) is 39.9 Å². The van der Waals surface area contributed by atoms with Crippen LogP contribution in [0.1, 0.15) is 18.4 Å². The van der Waals surface area contributed by atoms with Crippen LogP contribution >= 0.6 is 0 Å². The number of fused-ring (bicyclic) bond motifs is 1. The van der Waals surface area contributed by atoms with Crippen molar-refractivity contribution in [3.05, 3.63) is 29.3 Å². The van der Waals surface area contributed by atoms with Gasteiger partial charge in [-0.2, -0.15) is 26.3 Å². The number of hydrogen-bond donors (Lipinski definition) is 1. The fourth-order valence-electron chi connectivity index (χ4n) is 2.33. The van der Waals surface area contributed by atoms with Gasteiger partial charge in [-0.25, -0.2) is 8.78 Å². The second-order valence-electron chi connectivity index (χ2n) is 5.00. The van der Waals surface area contributed by atoms with E-state index in [0.717, 1.165) is 0 Å². The van der Waals surface area contributed by atoms with Gasteiger partial charge in [0.15, 0.2) is 17.2 Å². The van der Waals surface area contributed by atoms with Gasteiger partial charge in [-0.1, -0.05) is 0 Å². The average molecular weight is 360 g/mol. The highest BCUT2D eigenvalue weighted by molar-refractivity contribution is 6.32. The van der Waals surface area contributed by atoms with Gasteiger partial charge in [0, 0.05) is 6.42 Å². The summed E-state index contributed by atoms with van der Waals surface area (Å²) >= 11 is 0. The molecule has 1 N–H and O–H groups in total. The fraction of sp³-hybridized carbons (Fsp3) is 0.385. The molecule has 1 aliphatic heterocycles. The summed E-state index contributed by atoms with van der Waals surface area (Å²) in [5, 5.41) is 1.84. The van der Waals surface area contributed by atoms with E-state index in [1.165, 1.54) is 0 Å². The number of benzene rings is 1. The minimum absolute atomic E-state index is 0.112. The lowest BCUT2D eigenvalue weighted by Crippen LogP contribution is -2.42. The second kappa shape index (κ2) is 5.71. The van der Waals surface area contributed by atoms with Crippen molar-refractivity contribution < 1.29 is 39.9 Å². The summed E-state index contributed by atoms with van der Waals surface area (Å²) < 4.78 is 105. The zero-order valence-electron chi connectivity index (χ0n) is 11.5. The third-order valence-corrected chi connectivity index (χ3v) is 3.41. The molecule has 0 aromatic heterocycles. The van der Waals surface area contributed by atoms with Gasteiger partial charge in [0.2, 0.25) is 0 Å². The lowest BCUT2D eigenvalue weighted by atomic mass is 9.83. The zero-order valence-corrected chi connectivity index (χ0v) is 11.5. The lowest BCUT2D eigenvalue weighted by Gasteiger charge is -2.33. The van der Waals surface area contributed by atoms with Crippen molar-refractivity contribution in [3.63, 3.8) is 0 Å². The molecule has 0 spiro atoms. The molecule has 0 radical (unpaired) electrons. The molecule has 0 saturated carbocycles. The first-order chi connectivity index (χ1) is 10.9. The first-order valence-corrected chi connectivity index (χ1v) is 6.35. The number of carbonyl (C=O) groups excluding carboxylic acids is 1. The smallest absolute Gasteiger partial charge is 0.321 e. The lowest BCUT2D eigenvalue weighted by molar-refractivity contribution is -0.202. The summed E-state index contributed by atoms with van der Waals surface area (Å²) in [5.41, 5.74) is -6.03. The number of aliphatic imine (C=N–C) groups is 1. The molecule has 1 heterocycles. The minimum atomic E-state index is -5.51. The number of nitrogens with zero attached hydrogens (tertiary/aromatic N) is 1. The van der Waals surface area contributed by atoms with Crippen LogP contribution in [0.2, 0.25) is 0 Å². The number of nitrogens with one attached hydrogen (secondary N) is 1. The van der Waals surface area contributed by atoms with Gasteiger partial charge in [0.05, 0.1) is 17.5 Å². The van der Waals surface area contributed by atoms with E-state index >= 15 is 0 Å². The molecular weight excluding hydrogens is 352 g/mol. The van der Waals surface area contributed by atoms with Crippen molar-refractivity contribution in [2.45, 2.75) is 30.7 Å². The standard InChI is InChI=1S/C13H8F8N2O/c14-6-1-2-7-9(10(6)15)11(13(19,20)21,3-4-12(16,17)18)22-5-8(24)23-7/h1-2,5H,3-4H2,(H,23,24). The Morgan fingerprint density at radius 3 is 2.25 bits per heavy atom. The summed E-state index contributed by atoms with van der Waals surface area (Å²) in [6, 6.07) is 1.08. The first-order valence-electron chi connectivity index (χ1n) is 6.35. The Labute approximate surface area is 129 Å². The molecule has 2 rings (SSSR count). The third kappa shape index (κ3) is 3.20. The maximum Gasteiger partial charge on any atom is 0.417 e. The van der Waals surface area contributed by atoms with Crippen LogP contribution in [0.5, 0.6) is 0 Å². The molecule has 1 unspecified atom stereocenters. The summed E-state index contributed by atoms with van der Waals surface area (Å²) in [7, 11) is 0. The minimum Gasteiger partial charge on any atom is -0.321 e. The highest BCUT2D eigenvalue weighted by Crippen LogP contribution is 2.51. The van der Waals surface area contributed by atoms with Crippen molar-refractivity contribution in [1.29, 1.82) is 0 Å². The van der Waals surface area contributed by atoms with Crippen LogP contribution in [0.3, 0.4) is 0 Å². The van der Waals surface area contributed by atoms with Crippen molar-refractivity contribution in [2.24, 2.45) is 4.99 Å². The normalized spacial score (nSPS) is 21.2. The highest BCUT2D eigenvalue weighted by Gasteiger charge is 2.60. The Hall–Kier alpha value is -2.20.